The van der Waals surface area contributed by atoms with Crippen LogP contribution in [0.1, 0.15) is 61.4 Å². The first kappa shape index (κ1) is 18.0. The highest BCUT2D eigenvalue weighted by molar-refractivity contribution is 5.94. The number of benzene rings is 1. The van der Waals surface area contributed by atoms with Crippen molar-refractivity contribution in [1.29, 1.82) is 0 Å². The molecule has 21 heavy (non-hydrogen) atoms. The van der Waals surface area contributed by atoms with Crippen molar-refractivity contribution in [3.63, 3.8) is 0 Å². The van der Waals surface area contributed by atoms with E-state index in [0.717, 1.165) is 17.7 Å². The van der Waals surface area contributed by atoms with Crippen LogP contribution in [-0.2, 0) is 6.54 Å². The topological polar surface area (TPSA) is 55.1 Å². The maximum atomic E-state index is 12.2. The number of nitrogens with one attached hydrogen (secondary N) is 1. The Labute approximate surface area is 134 Å². The summed E-state index contributed by atoms with van der Waals surface area (Å²) in [5.74, 6) is 0.0269. The SMILES string of the molecule is CC1(CNC(=O)c2ccc(CN)cc2)CCCCCC1.Cl. The minimum Gasteiger partial charge on any atom is -0.351 e. The van der Waals surface area contributed by atoms with E-state index in [1.54, 1.807) is 0 Å². The van der Waals surface area contributed by atoms with Gasteiger partial charge in [-0.25, -0.2) is 0 Å². The fraction of sp³-hybridized carbons (Fsp3) is 0.588. The molecule has 0 aromatic heterocycles. The smallest absolute Gasteiger partial charge is 0.251 e. The Bertz CT molecular complexity index is 437. The van der Waals surface area contributed by atoms with Crippen LogP contribution in [0, 0.1) is 5.41 Å². The lowest BCUT2D eigenvalue weighted by atomic mass is 9.82. The van der Waals surface area contributed by atoms with Gasteiger partial charge in [-0.2, -0.15) is 0 Å². The van der Waals surface area contributed by atoms with E-state index >= 15 is 0 Å². The highest BCUT2D eigenvalue weighted by atomic mass is 35.5. The van der Waals surface area contributed by atoms with Gasteiger partial charge in [0.1, 0.15) is 0 Å². The molecule has 0 radical (unpaired) electrons. The number of amides is 1. The molecule has 3 nitrogen and oxygen atoms in total. The van der Waals surface area contributed by atoms with Crippen molar-refractivity contribution in [3.8, 4) is 0 Å². The molecule has 1 saturated carbocycles. The predicted molar refractivity (Wildman–Crippen MR) is 89.7 cm³/mol. The lowest BCUT2D eigenvalue weighted by Crippen LogP contribution is -2.35. The fourth-order valence-electron chi connectivity index (χ4n) is 2.95. The molecule has 1 amide bonds. The second-order valence-corrected chi connectivity index (χ2v) is 6.31. The van der Waals surface area contributed by atoms with Gasteiger partial charge >= 0.3 is 0 Å². The van der Waals surface area contributed by atoms with Crippen molar-refractivity contribution in [2.75, 3.05) is 6.54 Å². The molecule has 1 fully saturated rings. The number of nitrogens with two attached hydrogens (primary N) is 1. The van der Waals surface area contributed by atoms with Gasteiger partial charge in [-0.15, -0.1) is 12.4 Å². The van der Waals surface area contributed by atoms with E-state index in [-0.39, 0.29) is 23.7 Å². The van der Waals surface area contributed by atoms with E-state index in [2.05, 4.69) is 12.2 Å². The standard InChI is InChI=1S/C17H26N2O.ClH/c1-17(10-4-2-3-5-11-17)13-19-16(20)15-8-6-14(12-18)7-9-15;/h6-9H,2-5,10-13,18H2,1H3,(H,19,20);1H. The van der Waals surface area contributed by atoms with Crippen molar-refractivity contribution in [1.82, 2.24) is 5.32 Å². The van der Waals surface area contributed by atoms with E-state index in [9.17, 15) is 4.79 Å². The monoisotopic (exact) mass is 310 g/mol. The Morgan fingerprint density at radius 2 is 1.71 bits per heavy atom. The molecule has 1 aromatic carbocycles. The van der Waals surface area contributed by atoms with Crippen molar-refractivity contribution in [3.05, 3.63) is 35.4 Å². The van der Waals surface area contributed by atoms with Crippen LogP contribution in [0.5, 0.6) is 0 Å². The Morgan fingerprint density at radius 1 is 1.14 bits per heavy atom. The molecule has 0 saturated heterocycles. The lowest BCUT2D eigenvalue weighted by Gasteiger charge is -2.28. The van der Waals surface area contributed by atoms with Gasteiger partial charge in [0.2, 0.25) is 0 Å². The molecular weight excluding hydrogens is 284 g/mol. The third-order valence-corrected chi connectivity index (χ3v) is 4.44. The molecule has 0 bridgehead atoms. The third-order valence-electron chi connectivity index (χ3n) is 4.44. The van der Waals surface area contributed by atoms with Crippen LogP contribution < -0.4 is 11.1 Å². The largest absolute Gasteiger partial charge is 0.351 e. The highest BCUT2D eigenvalue weighted by Gasteiger charge is 2.26. The van der Waals surface area contributed by atoms with Crippen LogP contribution in [0.2, 0.25) is 0 Å². The summed E-state index contributed by atoms with van der Waals surface area (Å²) in [4.78, 5) is 12.2. The zero-order chi connectivity index (χ0) is 14.4. The van der Waals surface area contributed by atoms with Crippen LogP contribution in [-0.4, -0.2) is 12.5 Å². The molecule has 0 aliphatic heterocycles. The Morgan fingerprint density at radius 3 is 2.24 bits per heavy atom. The van der Waals surface area contributed by atoms with Gasteiger partial charge < -0.3 is 11.1 Å². The predicted octanol–water partition coefficient (Wildman–Crippen LogP) is 3.66. The van der Waals surface area contributed by atoms with Gasteiger partial charge in [-0.1, -0.05) is 44.7 Å². The van der Waals surface area contributed by atoms with Gasteiger partial charge in [0.05, 0.1) is 0 Å². The minimum absolute atomic E-state index is 0. The van der Waals surface area contributed by atoms with E-state index in [0.29, 0.717) is 6.54 Å². The lowest BCUT2D eigenvalue weighted by molar-refractivity contribution is 0.0928. The van der Waals surface area contributed by atoms with E-state index in [1.165, 1.54) is 38.5 Å². The number of hydrogen-bond acceptors (Lipinski definition) is 2. The van der Waals surface area contributed by atoms with Crippen LogP contribution >= 0.6 is 12.4 Å². The summed E-state index contributed by atoms with van der Waals surface area (Å²) in [7, 11) is 0. The normalized spacial score (nSPS) is 17.4. The molecular formula is C17H27ClN2O. The molecule has 1 aliphatic rings. The fourth-order valence-corrected chi connectivity index (χ4v) is 2.95. The average Bonchev–Trinajstić information content (AvgIpc) is 2.70. The van der Waals surface area contributed by atoms with E-state index in [1.807, 2.05) is 24.3 Å². The summed E-state index contributed by atoms with van der Waals surface area (Å²) in [6.45, 7) is 3.60. The van der Waals surface area contributed by atoms with E-state index in [4.69, 9.17) is 5.73 Å². The van der Waals surface area contributed by atoms with Gasteiger partial charge in [-0.05, 0) is 36.0 Å². The maximum absolute atomic E-state index is 12.2. The summed E-state index contributed by atoms with van der Waals surface area (Å²) in [5.41, 5.74) is 7.61. The maximum Gasteiger partial charge on any atom is 0.251 e. The summed E-state index contributed by atoms with van der Waals surface area (Å²) in [6, 6.07) is 7.55. The molecule has 2 rings (SSSR count). The van der Waals surface area contributed by atoms with Crippen LogP contribution in [0.15, 0.2) is 24.3 Å². The molecule has 0 atom stereocenters. The average molecular weight is 311 g/mol. The number of halogens is 1. The summed E-state index contributed by atoms with van der Waals surface area (Å²) in [6.07, 6.45) is 7.70. The second-order valence-electron chi connectivity index (χ2n) is 6.31. The quantitative estimate of drug-likeness (QED) is 0.834. The highest BCUT2D eigenvalue weighted by Crippen LogP contribution is 2.33. The molecule has 0 spiro atoms. The minimum atomic E-state index is 0. The Kier molecular flexibility index (Phi) is 7.20. The van der Waals surface area contributed by atoms with Crippen molar-refractivity contribution in [2.24, 2.45) is 11.1 Å². The molecule has 4 heteroatoms. The van der Waals surface area contributed by atoms with Crippen LogP contribution in [0.25, 0.3) is 0 Å². The first-order valence-electron chi connectivity index (χ1n) is 7.70. The first-order chi connectivity index (χ1) is 9.63. The zero-order valence-corrected chi connectivity index (χ0v) is 13.7. The number of carbonyl (C=O) groups is 1. The number of carbonyl (C=O) groups excluding carboxylic acids is 1. The molecule has 118 valence electrons. The summed E-state index contributed by atoms with van der Waals surface area (Å²) >= 11 is 0. The molecule has 0 unspecified atom stereocenters. The molecule has 1 aromatic rings. The number of rotatable bonds is 4. The Balaban J connectivity index is 0.00000220. The molecule has 1 aliphatic carbocycles. The second kappa shape index (κ2) is 8.40. The van der Waals surface area contributed by atoms with E-state index < -0.39 is 0 Å². The summed E-state index contributed by atoms with van der Waals surface area (Å²) < 4.78 is 0. The molecule has 3 N–H and O–H groups in total. The zero-order valence-electron chi connectivity index (χ0n) is 12.9. The molecule has 0 heterocycles. The van der Waals surface area contributed by atoms with Crippen molar-refractivity contribution in [2.45, 2.75) is 52.0 Å². The van der Waals surface area contributed by atoms with Crippen molar-refractivity contribution < 1.29 is 4.79 Å². The number of hydrogen-bond donors (Lipinski definition) is 2. The van der Waals surface area contributed by atoms with Crippen LogP contribution in [0.3, 0.4) is 0 Å². The third kappa shape index (κ3) is 5.33. The van der Waals surface area contributed by atoms with Gasteiger partial charge in [0.25, 0.3) is 5.91 Å². The first-order valence-corrected chi connectivity index (χ1v) is 7.70. The van der Waals surface area contributed by atoms with Gasteiger partial charge in [0, 0.05) is 18.7 Å². The van der Waals surface area contributed by atoms with Crippen molar-refractivity contribution >= 4 is 18.3 Å². The van der Waals surface area contributed by atoms with Crippen LogP contribution in [0.4, 0.5) is 0 Å². The summed E-state index contributed by atoms with van der Waals surface area (Å²) in [5, 5.41) is 3.10. The van der Waals surface area contributed by atoms with Gasteiger partial charge in [-0.3, -0.25) is 4.79 Å². The van der Waals surface area contributed by atoms with Gasteiger partial charge in [0.15, 0.2) is 0 Å². The Hall–Kier alpha value is -1.06.